The van der Waals surface area contributed by atoms with Crippen molar-refractivity contribution in [1.82, 2.24) is 9.97 Å². The first-order valence-corrected chi connectivity index (χ1v) is 4.84. The van der Waals surface area contributed by atoms with E-state index in [1.165, 1.54) is 12.1 Å². The third-order valence-electron chi connectivity index (χ3n) is 2.24. The number of aromatic hydroxyl groups is 1. The minimum Gasteiger partial charge on any atom is -0.508 e. The second-order valence-electron chi connectivity index (χ2n) is 3.58. The minimum atomic E-state index is -4.40. The van der Waals surface area contributed by atoms with Crippen molar-refractivity contribution in [1.29, 1.82) is 0 Å². The summed E-state index contributed by atoms with van der Waals surface area (Å²) in [5.74, 6) is 0.354. The van der Waals surface area contributed by atoms with Gasteiger partial charge in [0.05, 0.1) is 6.20 Å². The number of halogens is 3. The van der Waals surface area contributed by atoms with Gasteiger partial charge >= 0.3 is 6.18 Å². The summed E-state index contributed by atoms with van der Waals surface area (Å²) in [4.78, 5) is 5.88. The predicted octanol–water partition coefficient (Wildman–Crippen LogP) is 2.72. The summed E-state index contributed by atoms with van der Waals surface area (Å²) in [7, 11) is 0. The molecule has 0 unspecified atom stereocenters. The molecule has 2 N–H and O–H groups in total. The van der Waals surface area contributed by atoms with E-state index in [1.54, 1.807) is 12.1 Å². The van der Waals surface area contributed by atoms with E-state index in [9.17, 15) is 13.2 Å². The van der Waals surface area contributed by atoms with Crippen LogP contribution >= 0.6 is 0 Å². The van der Waals surface area contributed by atoms with Gasteiger partial charge in [-0.3, -0.25) is 0 Å². The molecule has 3 nitrogen and oxygen atoms in total. The number of benzene rings is 1. The molecule has 0 bridgehead atoms. The average molecular weight is 242 g/mol. The second-order valence-corrected chi connectivity index (χ2v) is 3.58. The van der Waals surface area contributed by atoms with E-state index in [-0.39, 0.29) is 18.0 Å². The van der Waals surface area contributed by atoms with Crippen LogP contribution in [-0.4, -0.2) is 15.1 Å². The van der Waals surface area contributed by atoms with Crippen molar-refractivity contribution in [2.45, 2.75) is 12.6 Å². The molecule has 2 rings (SSSR count). The lowest BCUT2D eigenvalue weighted by Crippen LogP contribution is -2.05. The fourth-order valence-corrected chi connectivity index (χ4v) is 1.40. The van der Waals surface area contributed by atoms with Gasteiger partial charge in [-0.1, -0.05) is 12.1 Å². The lowest BCUT2D eigenvalue weighted by atomic mass is 10.1. The molecule has 6 heteroatoms. The van der Waals surface area contributed by atoms with Gasteiger partial charge in [0.15, 0.2) is 0 Å². The fraction of sp³-hybridized carbons (Fsp3) is 0.182. The number of imidazole rings is 1. The molecule has 0 saturated carbocycles. The maximum atomic E-state index is 12.3. The van der Waals surface area contributed by atoms with Crippen LogP contribution in [-0.2, 0) is 12.6 Å². The molecule has 1 heterocycles. The van der Waals surface area contributed by atoms with Gasteiger partial charge in [0.2, 0.25) is 0 Å². The van der Waals surface area contributed by atoms with E-state index in [1.807, 2.05) is 0 Å². The van der Waals surface area contributed by atoms with Crippen LogP contribution in [0.15, 0.2) is 30.5 Å². The number of phenolic OH excluding ortho intramolecular Hbond substituents is 1. The first-order valence-electron chi connectivity index (χ1n) is 4.84. The fourth-order valence-electron chi connectivity index (χ4n) is 1.40. The SMILES string of the molecule is Oc1ccc(Cc2ncc(C(F)(F)F)[nH]2)cc1. The molecular formula is C11H9F3N2O. The summed E-state index contributed by atoms with van der Waals surface area (Å²) in [5, 5.41) is 9.06. The smallest absolute Gasteiger partial charge is 0.432 e. The Morgan fingerprint density at radius 1 is 1.18 bits per heavy atom. The summed E-state index contributed by atoms with van der Waals surface area (Å²) in [6.45, 7) is 0. The molecule has 2 aromatic rings. The Morgan fingerprint density at radius 3 is 2.35 bits per heavy atom. The molecule has 1 aromatic heterocycles. The lowest BCUT2D eigenvalue weighted by Gasteiger charge is -2.01. The predicted molar refractivity (Wildman–Crippen MR) is 54.5 cm³/mol. The molecule has 0 fully saturated rings. The van der Waals surface area contributed by atoms with Gasteiger partial charge < -0.3 is 10.1 Å². The summed E-state index contributed by atoms with van der Waals surface area (Å²) in [6, 6.07) is 6.21. The second kappa shape index (κ2) is 4.12. The minimum absolute atomic E-state index is 0.115. The van der Waals surface area contributed by atoms with Crippen molar-refractivity contribution in [3.8, 4) is 5.75 Å². The summed E-state index contributed by atoms with van der Waals surface area (Å²) in [5.41, 5.74) is -0.0860. The molecule has 0 atom stereocenters. The highest BCUT2D eigenvalue weighted by atomic mass is 19.4. The number of hydrogen-bond donors (Lipinski definition) is 2. The number of hydrogen-bond acceptors (Lipinski definition) is 2. The van der Waals surface area contributed by atoms with Crippen LogP contribution in [0.1, 0.15) is 17.1 Å². The Kier molecular flexibility index (Phi) is 2.79. The van der Waals surface area contributed by atoms with Gasteiger partial charge in [-0.25, -0.2) is 4.98 Å². The number of phenols is 1. The van der Waals surface area contributed by atoms with E-state index in [0.717, 1.165) is 11.8 Å². The highest BCUT2D eigenvalue weighted by molar-refractivity contribution is 5.28. The van der Waals surface area contributed by atoms with Gasteiger partial charge in [0, 0.05) is 6.42 Å². The van der Waals surface area contributed by atoms with E-state index in [0.29, 0.717) is 0 Å². The molecule has 90 valence electrons. The third kappa shape index (κ3) is 2.77. The van der Waals surface area contributed by atoms with E-state index < -0.39 is 11.9 Å². The van der Waals surface area contributed by atoms with Crippen LogP contribution in [0.5, 0.6) is 5.75 Å². The molecule has 0 aliphatic heterocycles. The van der Waals surface area contributed by atoms with Crippen molar-refractivity contribution in [2.24, 2.45) is 0 Å². The standard InChI is InChI=1S/C11H9F3N2O/c12-11(13,14)9-6-15-10(16-9)5-7-1-3-8(17)4-2-7/h1-4,6,17H,5H2,(H,15,16). The zero-order valence-corrected chi connectivity index (χ0v) is 8.62. The summed E-state index contributed by atoms with van der Waals surface area (Å²) < 4.78 is 36.9. The molecule has 17 heavy (non-hydrogen) atoms. The number of aromatic nitrogens is 2. The van der Waals surface area contributed by atoms with Gasteiger partial charge in [-0.05, 0) is 17.7 Å². The zero-order chi connectivity index (χ0) is 12.5. The number of aromatic amines is 1. The summed E-state index contributed by atoms with van der Waals surface area (Å²) >= 11 is 0. The number of H-pyrrole nitrogens is 1. The van der Waals surface area contributed by atoms with Crippen LogP contribution in [0, 0.1) is 0 Å². The maximum Gasteiger partial charge on any atom is 0.432 e. The molecule has 0 radical (unpaired) electrons. The monoisotopic (exact) mass is 242 g/mol. The molecular weight excluding hydrogens is 233 g/mol. The highest BCUT2D eigenvalue weighted by Crippen LogP contribution is 2.27. The van der Waals surface area contributed by atoms with E-state index >= 15 is 0 Å². The van der Waals surface area contributed by atoms with Crippen LogP contribution in [0.25, 0.3) is 0 Å². The van der Waals surface area contributed by atoms with Crippen LogP contribution in [0.3, 0.4) is 0 Å². The average Bonchev–Trinajstić information content (AvgIpc) is 2.69. The first kappa shape index (κ1) is 11.5. The van der Waals surface area contributed by atoms with Gasteiger partial charge in [-0.2, -0.15) is 13.2 Å². The molecule has 0 amide bonds. The number of nitrogens with zero attached hydrogens (tertiary/aromatic N) is 1. The van der Waals surface area contributed by atoms with Crippen LogP contribution < -0.4 is 0 Å². The molecule has 1 aromatic carbocycles. The Balaban J connectivity index is 2.14. The number of alkyl halides is 3. The molecule has 0 aliphatic rings. The normalized spacial score (nSPS) is 11.7. The largest absolute Gasteiger partial charge is 0.508 e. The Morgan fingerprint density at radius 2 is 1.82 bits per heavy atom. The van der Waals surface area contributed by atoms with Gasteiger partial charge in [0.25, 0.3) is 0 Å². The first-order chi connectivity index (χ1) is 7.95. The Bertz CT molecular complexity index is 502. The molecule has 0 spiro atoms. The molecule has 0 saturated heterocycles. The van der Waals surface area contributed by atoms with Crippen molar-refractivity contribution < 1.29 is 18.3 Å². The van der Waals surface area contributed by atoms with Crippen LogP contribution in [0.2, 0.25) is 0 Å². The zero-order valence-electron chi connectivity index (χ0n) is 8.62. The van der Waals surface area contributed by atoms with Gasteiger partial charge in [0.1, 0.15) is 17.3 Å². The van der Waals surface area contributed by atoms with Crippen molar-refractivity contribution in [2.75, 3.05) is 0 Å². The molecule has 0 aliphatic carbocycles. The van der Waals surface area contributed by atoms with Crippen molar-refractivity contribution >= 4 is 0 Å². The van der Waals surface area contributed by atoms with Crippen molar-refractivity contribution in [3.63, 3.8) is 0 Å². The number of nitrogens with one attached hydrogen (secondary N) is 1. The quantitative estimate of drug-likeness (QED) is 0.850. The van der Waals surface area contributed by atoms with Crippen molar-refractivity contribution in [3.05, 3.63) is 47.5 Å². The van der Waals surface area contributed by atoms with Crippen LogP contribution in [0.4, 0.5) is 13.2 Å². The Hall–Kier alpha value is -1.98. The third-order valence-corrected chi connectivity index (χ3v) is 2.24. The van der Waals surface area contributed by atoms with E-state index in [2.05, 4.69) is 9.97 Å². The lowest BCUT2D eigenvalue weighted by molar-refractivity contribution is -0.140. The van der Waals surface area contributed by atoms with Gasteiger partial charge in [-0.15, -0.1) is 0 Å². The van der Waals surface area contributed by atoms with E-state index in [4.69, 9.17) is 5.11 Å². The number of rotatable bonds is 2. The summed E-state index contributed by atoms with van der Waals surface area (Å²) in [6.07, 6.45) is -3.37. The topological polar surface area (TPSA) is 48.9 Å². The maximum absolute atomic E-state index is 12.3. The Labute approximate surface area is 94.9 Å². The highest BCUT2D eigenvalue weighted by Gasteiger charge is 2.32.